The fourth-order valence-electron chi connectivity index (χ4n) is 2.89. The third-order valence-corrected chi connectivity index (χ3v) is 5.24. The highest BCUT2D eigenvalue weighted by molar-refractivity contribution is 7.16. The molecule has 3 heterocycles. The molecule has 0 aromatic carbocycles. The van der Waals surface area contributed by atoms with E-state index in [0.717, 1.165) is 48.6 Å². The first kappa shape index (κ1) is 17.1. The number of ether oxygens (including phenoxy) is 1. The maximum atomic E-state index is 5.46. The Kier molecular flexibility index (Phi) is 5.63. The van der Waals surface area contributed by atoms with E-state index in [9.17, 15) is 0 Å². The summed E-state index contributed by atoms with van der Waals surface area (Å²) in [6.45, 7) is 10.2. The lowest BCUT2D eigenvalue weighted by molar-refractivity contribution is 0.229. The average Bonchev–Trinajstić information content (AvgIpc) is 3.06. The molecule has 1 aliphatic heterocycles. The van der Waals surface area contributed by atoms with E-state index in [1.807, 2.05) is 26.2 Å². The van der Waals surface area contributed by atoms with Crippen LogP contribution in [-0.2, 0) is 0 Å². The van der Waals surface area contributed by atoms with E-state index in [-0.39, 0.29) is 0 Å². The van der Waals surface area contributed by atoms with E-state index >= 15 is 0 Å². The Hall–Kier alpha value is -1.73. The van der Waals surface area contributed by atoms with Crippen LogP contribution < -0.4 is 10.1 Å². The monoisotopic (exact) mass is 347 g/mol. The number of aryl methyl sites for hydroxylation is 1. The highest BCUT2D eigenvalue weighted by Crippen LogP contribution is 2.31. The first-order valence-electron chi connectivity index (χ1n) is 8.61. The molecule has 1 N–H and O–H groups in total. The Bertz CT molecular complexity index is 667. The van der Waals surface area contributed by atoms with Crippen molar-refractivity contribution < 1.29 is 4.74 Å². The Morgan fingerprint density at radius 3 is 2.75 bits per heavy atom. The standard InChI is InChI=1S/C17H25N5OS/c1-4-22-8-6-13(7-9-22)20-16-18-10-12(3)15(21-16)14-11-19-17(24-14)23-5-2/h10-11,13H,4-9H2,1-3H3,(H,18,20,21). The molecule has 6 nitrogen and oxygen atoms in total. The Balaban J connectivity index is 1.71. The third kappa shape index (κ3) is 4.02. The van der Waals surface area contributed by atoms with Gasteiger partial charge < -0.3 is 15.0 Å². The molecule has 1 aliphatic rings. The second-order valence-electron chi connectivity index (χ2n) is 6.00. The van der Waals surface area contributed by atoms with Crippen molar-refractivity contribution in [2.45, 2.75) is 39.7 Å². The number of aromatic nitrogens is 3. The minimum atomic E-state index is 0.448. The van der Waals surface area contributed by atoms with Crippen molar-refractivity contribution in [1.29, 1.82) is 0 Å². The molecule has 0 radical (unpaired) electrons. The molecule has 0 amide bonds. The second-order valence-corrected chi connectivity index (χ2v) is 6.99. The van der Waals surface area contributed by atoms with Gasteiger partial charge in [-0.2, -0.15) is 0 Å². The van der Waals surface area contributed by atoms with E-state index in [0.29, 0.717) is 23.8 Å². The van der Waals surface area contributed by atoms with Crippen molar-refractivity contribution in [3.63, 3.8) is 0 Å². The van der Waals surface area contributed by atoms with Crippen LogP contribution in [0.2, 0.25) is 0 Å². The molecule has 0 unspecified atom stereocenters. The summed E-state index contributed by atoms with van der Waals surface area (Å²) < 4.78 is 5.46. The van der Waals surface area contributed by atoms with Gasteiger partial charge in [-0.15, -0.1) is 0 Å². The molecular formula is C17H25N5OS. The van der Waals surface area contributed by atoms with Gasteiger partial charge in [0.2, 0.25) is 5.95 Å². The number of thiazole rings is 1. The number of piperidine rings is 1. The van der Waals surface area contributed by atoms with Crippen LogP contribution in [0.25, 0.3) is 10.6 Å². The first-order chi connectivity index (χ1) is 11.7. The predicted molar refractivity (Wildman–Crippen MR) is 97.8 cm³/mol. The summed E-state index contributed by atoms with van der Waals surface area (Å²) in [5, 5.41) is 4.19. The minimum absolute atomic E-state index is 0.448. The van der Waals surface area contributed by atoms with Gasteiger partial charge in [0.1, 0.15) is 0 Å². The lowest BCUT2D eigenvalue weighted by Gasteiger charge is -2.31. The van der Waals surface area contributed by atoms with Gasteiger partial charge in [0.15, 0.2) is 0 Å². The van der Waals surface area contributed by atoms with Crippen LogP contribution in [0.1, 0.15) is 32.3 Å². The van der Waals surface area contributed by atoms with Crippen molar-refractivity contribution in [3.8, 4) is 15.8 Å². The zero-order chi connectivity index (χ0) is 16.9. The summed E-state index contributed by atoms with van der Waals surface area (Å²) in [6, 6.07) is 0.448. The second kappa shape index (κ2) is 7.90. The first-order valence-corrected chi connectivity index (χ1v) is 9.42. The molecule has 2 aromatic heterocycles. The van der Waals surface area contributed by atoms with Gasteiger partial charge in [0, 0.05) is 25.3 Å². The lowest BCUT2D eigenvalue weighted by atomic mass is 10.1. The van der Waals surface area contributed by atoms with Crippen LogP contribution in [0.5, 0.6) is 5.19 Å². The average molecular weight is 347 g/mol. The van der Waals surface area contributed by atoms with Gasteiger partial charge in [-0.25, -0.2) is 15.0 Å². The van der Waals surface area contributed by atoms with Crippen molar-refractivity contribution in [2.75, 3.05) is 31.6 Å². The summed E-state index contributed by atoms with van der Waals surface area (Å²) in [7, 11) is 0. The largest absolute Gasteiger partial charge is 0.470 e. The molecule has 0 spiro atoms. The number of anilines is 1. The highest BCUT2D eigenvalue weighted by Gasteiger charge is 2.19. The topological polar surface area (TPSA) is 63.2 Å². The van der Waals surface area contributed by atoms with E-state index in [1.54, 1.807) is 0 Å². The zero-order valence-corrected chi connectivity index (χ0v) is 15.4. The number of hydrogen-bond donors (Lipinski definition) is 1. The van der Waals surface area contributed by atoms with Gasteiger partial charge in [-0.3, -0.25) is 0 Å². The van der Waals surface area contributed by atoms with Crippen molar-refractivity contribution in [1.82, 2.24) is 19.9 Å². The Morgan fingerprint density at radius 2 is 2.04 bits per heavy atom. The number of hydrogen-bond acceptors (Lipinski definition) is 7. The fraction of sp³-hybridized carbons (Fsp3) is 0.588. The van der Waals surface area contributed by atoms with E-state index < -0.39 is 0 Å². The molecular weight excluding hydrogens is 322 g/mol. The lowest BCUT2D eigenvalue weighted by Crippen LogP contribution is -2.39. The quantitative estimate of drug-likeness (QED) is 0.866. The van der Waals surface area contributed by atoms with E-state index in [4.69, 9.17) is 9.72 Å². The molecule has 3 rings (SSSR count). The Morgan fingerprint density at radius 1 is 1.25 bits per heavy atom. The molecule has 130 valence electrons. The molecule has 24 heavy (non-hydrogen) atoms. The molecule has 0 saturated carbocycles. The number of rotatable bonds is 6. The maximum absolute atomic E-state index is 5.46. The zero-order valence-electron chi connectivity index (χ0n) is 14.6. The van der Waals surface area contributed by atoms with Crippen molar-refractivity contribution >= 4 is 17.3 Å². The smallest absolute Gasteiger partial charge is 0.273 e. The van der Waals surface area contributed by atoms with Gasteiger partial charge in [-0.05, 0) is 38.8 Å². The predicted octanol–water partition coefficient (Wildman–Crippen LogP) is 3.20. The molecule has 7 heteroatoms. The van der Waals surface area contributed by atoms with Gasteiger partial charge in [0.05, 0.1) is 23.4 Å². The van der Waals surface area contributed by atoms with Crippen LogP contribution in [0.4, 0.5) is 5.95 Å². The highest BCUT2D eigenvalue weighted by atomic mass is 32.1. The van der Waals surface area contributed by atoms with E-state index in [1.165, 1.54) is 11.3 Å². The summed E-state index contributed by atoms with van der Waals surface area (Å²) in [5.41, 5.74) is 1.98. The normalized spacial score (nSPS) is 16.3. The molecule has 1 fully saturated rings. The Labute approximate surface area is 147 Å². The molecule has 2 aromatic rings. The van der Waals surface area contributed by atoms with E-state index in [2.05, 4.69) is 27.1 Å². The van der Waals surface area contributed by atoms with Crippen LogP contribution in [0.3, 0.4) is 0 Å². The molecule has 0 aliphatic carbocycles. The minimum Gasteiger partial charge on any atom is -0.470 e. The number of nitrogens with one attached hydrogen (secondary N) is 1. The SMILES string of the molecule is CCOc1ncc(-c2nc(NC3CCN(CC)CC3)ncc2C)s1. The van der Waals surface area contributed by atoms with Gasteiger partial charge >= 0.3 is 0 Å². The summed E-state index contributed by atoms with van der Waals surface area (Å²) in [6.07, 6.45) is 5.98. The van der Waals surface area contributed by atoms with Gasteiger partial charge in [-0.1, -0.05) is 18.3 Å². The number of nitrogens with zero attached hydrogens (tertiary/aromatic N) is 4. The maximum Gasteiger partial charge on any atom is 0.273 e. The van der Waals surface area contributed by atoms with Crippen LogP contribution in [0.15, 0.2) is 12.4 Å². The van der Waals surface area contributed by atoms with Crippen LogP contribution in [-0.4, -0.2) is 52.1 Å². The molecule has 0 bridgehead atoms. The number of likely N-dealkylation sites (tertiary alicyclic amines) is 1. The van der Waals surface area contributed by atoms with Crippen LogP contribution in [0, 0.1) is 6.92 Å². The van der Waals surface area contributed by atoms with Crippen molar-refractivity contribution in [3.05, 3.63) is 18.0 Å². The fourth-order valence-corrected chi connectivity index (χ4v) is 3.77. The third-order valence-electron chi connectivity index (χ3n) is 4.33. The van der Waals surface area contributed by atoms with Crippen LogP contribution >= 0.6 is 11.3 Å². The summed E-state index contributed by atoms with van der Waals surface area (Å²) >= 11 is 1.52. The molecule has 0 atom stereocenters. The summed E-state index contributed by atoms with van der Waals surface area (Å²) in [4.78, 5) is 17.0. The molecule has 1 saturated heterocycles. The summed E-state index contributed by atoms with van der Waals surface area (Å²) in [5.74, 6) is 0.705. The van der Waals surface area contributed by atoms with Gasteiger partial charge in [0.25, 0.3) is 5.19 Å². The van der Waals surface area contributed by atoms with Crippen molar-refractivity contribution in [2.24, 2.45) is 0 Å².